The van der Waals surface area contributed by atoms with Crippen LogP contribution in [0.3, 0.4) is 0 Å². The van der Waals surface area contributed by atoms with Gasteiger partial charge < -0.3 is 20.7 Å². The van der Waals surface area contributed by atoms with E-state index in [0.717, 1.165) is 5.56 Å². The Hall–Kier alpha value is -1.10. The van der Waals surface area contributed by atoms with E-state index in [1.165, 1.54) is 0 Å². The summed E-state index contributed by atoms with van der Waals surface area (Å²) in [6.07, 6.45) is 0. The summed E-state index contributed by atoms with van der Waals surface area (Å²) in [5.41, 5.74) is 6.26. The predicted octanol–water partition coefficient (Wildman–Crippen LogP) is -0.123. The Labute approximate surface area is 82.9 Å². The quantitative estimate of drug-likeness (QED) is 0.615. The first kappa shape index (κ1) is 11.0. The third-order valence-corrected chi connectivity index (χ3v) is 1.78. The molecular formula is C10H15NO3. The van der Waals surface area contributed by atoms with E-state index in [0.29, 0.717) is 5.75 Å². The number of aliphatic hydroxyl groups excluding tert-OH is 2. The van der Waals surface area contributed by atoms with E-state index < -0.39 is 0 Å². The van der Waals surface area contributed by atoms with Crippen molar-refractivity contribution in [2.24, 2.45) is 5.73 Å². The van der Waals surface area contributed by atoms with E-state index in [1.54, 1.807) is 24.3 Å². The van der Waals surface area contributed by atoms with E-state index in [2.05, 4.69) is 0 Å². The van der Waals surface area contributed by atoms with Crippen LogP contribution in [0.25, 0.3) is 0 Å². The second-order valence-electron chi connectivity index (χ2n) is 3.06. The van der Waals surface area contributed by atoms with Crippen molar-refractivity contribution in [1.29, 1.82) is 0 Å². The van der Waals surface area contributed by atoms with E-state index in [4.69, 9.17) is 20.7 Å². The molecule has 0 aliphatic rings. The molecule has 0 saturated heterocycles. The summed E-state index contributed by atoms with van der Waals surface area (Å²) in [6.45, 7) is 0.161. The van der Waals surface area contributed by atoms with Gasteiger partial charge in [0.1, 0.15) is 12.4 Å². The van der Waals surface area contributed by atoms with Crippen LogP contribution in [-0.2, 0) is 6.61 Å². The first-order valence-electron chi connectivity index (χ1n) is 4.45. The van der Waals surface area contributed by atoms with Crippen LogP contribution in [0.2, 0.25) is 0 Å². The van der Waals surface area contributed by atoms with Gasteiger partial charge in [-0.25, -0.2) is 0 Å². The van der Waals surface area contributed by atoms with Crippen molar-refractivity contribution in [2.75, 3.05) is 13.2 Å². The maximum atomic E-state index is 8.87. The lowest BCUT2D eigenvalue weighted by Gasteiger charge is -2.10. The lowest BCUT2D eigenvalue weighted by molar-refractivity contribution is 0.206. The fraction of sp³-hybridized carbons (Fsp3) is 0.400. The first-order valence-corrected chi connectivity index (χ1v) is 4.45. The molecule has 0 heterocycles. The van der Waals surface area contributed by atoms with Crippen LogP contribution in [0.4, 0.5) is 0 Å². The summed E-state index contributed by atoms with van der Waals surface area (Å²) in [4.78, 5) is 0. The third kappa shape index (κ3) is 3.33. The van der Waals surface area contributed by atoms with E-state index >= 15 is 0 Å². The highest BCUT2D eigenvalue weighted by Gasteiger charge is 2.01. The Morgan fingerprint density at radius 3 is 2.79 bits per heavy atom. The molecule has 1 aromatic rings. The zero-order valence-corrected chi connectivity index (χ0v) is 7.89. The molecule has 0 bridgehead atoms. The molecule has 78 valence electrons. The number of aliphatic hydroxyl groups is 2. The topological polar surface area (TPSA) is 75.7 Å². The van der Waals surface area contributed by atoms with Gasteiger partial charge in [0.25, 0.3) is 0 Å². The van der Waals surface area contributed by atoms with Crippen LogP contribution >= 0.6 is 0 Å². The lowest BCUT2D eigenvalue weighted by atomic mass is 10.2. The Bertz CT molecular complexity index is 278. The second-order valence-corrected chi connectivity index (χ2v) is 3.06. The minimum Gasteiger partial charge on any atom is -0.492 e. The summed E-state index contributed by atoms with van der Waals surface area (Å²) < 4.78 is 5.31. The van der Waals surface area contributed by atoms with Crippen molar-refractivity contribution < 1.29 is 14.9 Å². The van der Waals surface area contributed by atoms with Gasteiger partial charge in [0.05, 0.1) is 19.3 Å². The lowest BCUT2D eigenvalue weighted by Crippen LogP contribution is -2.31. The maximum absolute atomic E-state index is 8.87. The molecule has 0 aliphatic carbocycles. The molecule has 4 heteroatoms. The molecule has 14 heavy (non-hydrogen) atoms. The maximum Gasteiger partial charge on any atom is 0.119 e. The molecule has 1 unspecified atom stereocenters. The molecular weight excluding hydrogens is 182 g/mol. The summed E-state index contributed by atoms with van der Waals surface area (Å²) in [5.74, 6) is 0.653. The largest absolute Gasteiger partial charge is 0.492 e. The highest BCUT2D eigenvalue weighted by atomic mass is 16.5. The van der Waals surface area contributed by atoms with Gasteiger partial charge in [0, 0.05) is 0 Å². The van der Waals surface area contributed by atoms with Crippen molar-refractivity contribution >= 4 is 0 Å². The molecule has 0 amide bonds. The highest BCUT2D eigenvalue weighted by molar-refractivity contribution is 5.27. The third-order valence-electron chi connectivity index (χ3n) is 1.78. The smallest absolute Gasteiger partial charge is 0.119 e. The Kier molecular flexibility index (Phi) is 4.39. The zero-order valence-electron chi connectivity index (χ0n) is 7.89. The fourth-order valence-corrected chi connectivity index (χ4v) is 0.990. The van der Waals surface area contributed by atoms with Gasteiger partial charge in [0.15, 0.2) is 0 Å². The molecule has 0 spiro atoms. The van der Waals surface area contributed by atoms with Gasteiger partial charge in [-0.05, 0) is 17.7 Å². The normalized spacial score (nSPS) is 12.5. The minimum absolute atomic E-state index is 0.0107. The average Bonchev–Trinajstić information content (AvgIpc) is 2.26. The summed E-state index contributed by atoms with van der Waals surface area (Å²) >= 11 is 0. The van der Waals surface area contributed by atoms with Gasteiger partial charge in [-0.15, -0.1) is 0 Å². The fourth-order valence-electron chi connectivity index (χ4n) is 0.990. The Morgan fingerprint density at radius 2 is 2.14 bits per heavy atom. The molecule has 0 fully saturated rings. The Morgan fingerprint density at radius 1 is 1.36 bits per heavy atom. The van der Waals surface area contributed by atoms with Gasteiger partial charge in [-0.3, -0.25) is 0 Å². The second kappa shape index (κ2) is 5.59. The van der Waals surface area contributed by atoms with Crippen LogP contribution < -0.4 is 10.5 Å². The van der Waals surface area contributed by atoms with Crippen molar-refractivity contribution in [2.45, 2.75) is 12.6 Å². The number of hydrogen-bond donors (Lipinski definition) is 3. The number of ether oxygens (including phenoxy) is 1. The minimum atomic E-state index is -0.368. The number of hydrogen-bond acceptors (Lipinski definition) is 4. The molecule has 0 saturated carbocycles. The van der Waals surface area contributed by atoms with Crippen molar-refractivity contribution in [3.63, 3.8) is 0 Å². The first-order chi connectivity index (χ1) is 6.76. The molecule has 1 atom stereocenters. The number of nitrogens with two attached hydrogens (primary N) is 1. The summed E-state index contributed by atoms with van der Waals surface area (Å²) in [6, 6.07) is 6.75. The summed E-state index contributed by atoms with van der Waals surface area (Å²) in [7, 11) is 0. The van der Waals surface area contributed by atoms with Crippen molar-refractivity contribution in [1.82, 2.24) is 0 Å². The zero-order chi connectivity index (χ0) is 10.4. The van der Waals surface area contributed by atoms with Gasteiger partial charge in [-0.1, -0.05) is 12.1 Å². The van der Waals surface area contributed by atoms with Crippen LogP contribution in [0.5, 0.6) is 5.75 Å². The summed E-state index contributed by atoms with van der Waals surface area (Å²) in [5, 5.41) is 17.5. The molecule has 4 N–H and O–H groups in total. The average molecular weight is 197 g/mol. The molecule has 1 aromatic carbocycles. The Balaban J connectivity index is 2.50. The molecule has 1 rings (SSSR count). The molecule has 4 nitrogen and oxygen atoms in total. The van der Waals surface area contributed by atoms with Gasteiger partial charge >= 0.3 is 0 Å². The van der Waals surface area contributed by atoms with Crippen LogP contribution in [0, 0.1) is 0 Å². The van der Waals surface area contributed by atoms with Crippen molar-refractivity contribution in [3.05, 3.63) is 29.8 Å². The molecule has 0 aliphatic heterocycles. The van der Waals surface area contributed by atoms with Crippen LogP contribution in [0.1, 0.15) is 5.56 Å². The van der Waals surface area contributed by atoms with Crippen LogP contribution in [0.15, 0.2) is 24.3 Å². The van der Waals surface area contributed by atoms with Gasteiger partial charge in [-0.2, -0.15) is 0 Å². The molecule has 0 aromatic heterocycles. The standard InChI is InChI=1S/C10H15NO3/c11-9(6-13)7-14-10-3-1-2-8(4-10)5-12/h1-4,9,12-13H,5-7,11H2. The van der Waals surface area contributed by atoms with E-state index in [1.807, 2.05) is 0 Å². The van der Waals surface area contributed by atoms with Crippen molar-refractivity contribution in [3.8, 4) is 5.75 Å². The van der Waals surface area contributed by atoms with E-state index in [9.17, 15) is 0 Å². The monoisotopic (exact) mass is 197 g/mol. The SMILES string of the molecule is NC(CO)COc1cccc(CO)c1. The van der Waals surface area contributed by atoms with Gasteiger partial charge in [0.2, 0.25) is 0 Å². The number of benzene rings is 1. The number of rotatable bonds is 5. The van der Waals surface area contributed by atoms with E-state index in [-0.39, 0.29) is 25.9 Å². The highest BCUT2D eigenvalue weighted by Crippen LogP contribution is 2.13. The van der Waals surface area contributed by atoms with Crippen LogP contribution in [-0.4, -0.2) is 29.5 Å². The predicted molar refractivity (Wildman–Crippen MR) is 52.9 cm³/mol. The molecule has 0 radical (unpaired) electrons.